The number of nitrogens with zero attached hydrogens (tertiary/aromatic N) is 2. The molecule has 1 N–H and O–H groups in total. The summed E-state index contributed by atoms with van der Waals surface area (Å²) < 4.78 is 0. The highest BCUT2D eigenvalue weighted by Gasteiger charge is 2.25. The van der Waals surface area contributed by atoms with Crippen LogP contribution in [0, 0.1) is 0 Å². The normalized spacial score (nSPS) is 19.6. The molecule has 1 saturated heterocycles. The molecule has 1 aromatic carbocycles. The summed E-state index contributed by atoms with van der Waals surface area (Å²) in [5.74, 6) is -0.760. The smallest absolute Gasteiger partial charge is 0.307 e. The lowest BCUT2D eigenvalue weighted by atomic mass is 10.0. The van der Waals surface area contributed by atoms with Crippen LogP contribution in [0.15, 0.2) is 24.3 Å². The summed E-state index contributed by atoms with van der Waals surface area (Å²) >= 11 is 0. The second-order valence-corrected chi connectivity index (χ2v) is 5.87. The molecule has 1 atom stereocenters. The number of benzene rings is 1. The van der Waals surface area contributed by atoms with Crippen molar-refractivity contribution in [3.8, 4) is 0 Å². The number of carboxylic acids is 1. The Labute approximate surface area is 121 Å². The number of hydrogen-bond donors (Lipinski definition) is 1. The van der Waals surface area contributed by atoms with Crippen LogP contribution in [0.5, 0.6) is 0 Å². The topological polar surface area (TPSA) is 43.8 Å². The van der Waals surface area contributed by atoms with E-state index in [9.17, 15) is 4.79 Å². The van der Waals surface area contributed by atoms with Crippen LogP contribution >= 0.6 is 0 Å². The van der Waals surface area contributed by atoms with Crippen LogP contribution in [0.3, 0.4) is 0 Å². The monoisotopic (exact) mass is 276 g/mol. The second kappa shape index (κ2) is 6.86. The fourth-order valence-corrected chi connectivity index (χ4v) is 3.00. The van der Waals surface area contributed by atoms with Gasteiger partial charge in [-0.1, -0.05) is 24.3 Å². The molecule has 20 heavy (non-hydrogen) atoms. The summed E-state index contributed by atoms with van der Waals surface area (Å²) in [6.45, 7) is 3.04. The van der Waals surface area contributed by atoms with E-state index >= 15 is 0 Å². The average Bonchev–Trinajstić information content (AvgIpc) is 2.78. The summed E-state index contributed by atoms with van der Waals surface area (Å²) in [5, 5.41) is 9.00. The number of carboxylic acid groups (broad SMARTS) is 1. The van der Waals surface area contributed by atoms with Crippen molar-refractivity contribution >= 4 is 5.97 Å². The first-order chi connectivity index (χ1) is 9.56. The van der Waals surface area contributed by atoms with Gasteiger partial charge in [0, 0.05) is 19.1 Å². The lowest BCUT2D eigenvalue weighted by Gasteiger charge is -2.27. The quantitative estimate of drug-likeness (QED) is 0.861. The van der Waals surface area contributed by atoms with E-state index in [1.807, 2.05) is 18.2 Å². The van der Waals surface area contributed by atoms with Gasteiger partial charge in [0.15, 0.2) is 0 Å². The molecule has 1 aromatic rings. The minimum atomic E-state index is -0.760. The van der Waals surface area contributed by atoms with Crippen LogP contribution in [0.4, 0.5) is 0 Å². The molecule has 1 aliphatic heterocycles. The second-order valence-electron chi connectivity index (χ2n) is 5.87. The molecule has 0 aromatic heterocycles. The van der Waals surface area contributed by atoms with Crippen LogP contribution in [0.1, 0.15) is 24.0 Å². The first kappa shape index (κ1) is 15.0. The lowest BCUT2D eigenvalue weighted by Crippen LogP contribution is -2.37. The van der Waals surface area contributed by atoms with E-state index < -0.39 is 5.97 Å². The van der Waals surface area contributed by atoms with E-state index in [2.05, 4.69) is 30.0 Å². The third-order valence-corrected chi connectivity index (χ3v) is 3.91. The summed E-state index contributed by atoms with van der Waals surface area (Å²) in [7, 11) is 4.21. The Morgan fingerprint density at radius 2 is 2.05 bits per heavy atom. The van der Waals surface area contributed by atoms with Crippen LogP contribution in [-0.4, -0.2) is 54.1 Å². The third kappa shape index (κ3) is 4.05. The molecule has 0 spiro atoms. The van der Waals surface area contributed by atoms with Crippen molar-refractivity contribution in [3.63, 3.8) is 0 Å². The molecule has 4 heteroatoms. The van der Waals surface area contributed by atoms with Gasteiger partial charge < -0.3 is 10.0 Å². The van der Waals surface area contributed by atoms with Crippen molar-refractivity contribution < 1.29 is 9.90 Å². The molecule has 0 aliphatic carbocycles. The molecule has 0 saturated carbocycles. The van der Waals surface area contributed by atoms with Crippen molar-refractivity contribution in [2.75, 3.05) is 27.2 Å². The Kier molecular flexibility index (Phi) is 5.15. The minimum absolute atomic E-state index is 0.113. The zero-order chi connectivity index (χ0) is 14.5. The molecular weight excluding hydrogens is 252 g/mol. The van der Waals surface area contributed by atoms with Crippen LogP contribution in [-0.2, 0) is 17.8 Å². The maximum Gasteiger partial charge on any atom is 0.307 e. The highest BCUT2D eigenvalue weighted by molar-refractivity contribution is 5.70. The Bertz CT molecular complexity index is 460. The fourth-order valence-electron chi connectivity index (χ4n) is 3.00. The van der Waals surface area contributed by atoms with Crippen LogP contribution in [0.2, 0.25) is 0 Å². The fraction of sp³-hybridized carbons (Fsp3) is 0.562. The molecule has 2 rings (SSSR count). The Balaban J connectivity index is 2.07. The summed E-state index contributed by atoms with van der Waals surface area (Å²) in [6.07, 6.45) is 2.58. The van der Waals surface area contributed by atoms with Gasteiger partial charge in [-0.3, -0.25) is 9.69 Å². The number of likely N-dealkylation sites (tertiary alicyclic amines) is 1. The summed E-state index contributed by atoms with van der Waals surface area (Å²) in [5.41, 5.74) is 2.09. The maximum atomic E-state index is 10.9. The molecule has 1 aliphatic rings. The lowest BCUT2D eigenvalue weighted by molar-refractivity contribution is -0.136. The number of carbonyl (C=O) groups is 1. The van der Waals surface area contributed by atoms with Crippen molar-refractivity contribution in [1.29, 1.82) is 0 Å². The average molecular weight is 276 g/mol. The van der Waals surface area contributed by atoms with Gasteiger partial charge in [-0.05, 0) is 44.6 Å². The Hall–Kier alpha value is -1.39. The number of aliphatic carboxylic acids is 1. The minimum Gasteiger partial charge on any atom is -0.481 e. The van der Waals surface area contributed by atoms with Crippen molar-refractivity contribution in [1.82, 2.24) is 9.80 Å². The van der Waals surface area contributed by atoms with E-state index in [1.54, 1.807) is 0 Å². The molecule has 1 heterocycles. The molecule has 4 nitrogen and oxygen atoms in total. The van der Waals surface area contributed by atoms with Gasteiger partial charge in [-0.2, -0.15) is 0 Å². The molecule has 1 unspecified atom stereocenters. The van der Waals surface area contributed by atoms with Crippen LogP contribution in [0.25, 0.3) is 0 Å². The predicted molar refractivity (Wildman–Crippen MR) is 79.8 cm³/mol. The van der Waals surface area contributed by atoms with Gasteiger partial charge >= 0.3 is 5.97 Å². The highest BCUT2D eigenvalue weighted by atomic mass is 16.4. The molecule has 110 valence electrons. The first-order valence-electron chi connectivity index (χ1n) is 7.23. The van der Waals surface area contributed by atoms with E-state index in [1.165, 1.54) is 12.8 Å². The predicted octanol–water partition coefficient (Wildman–Crippen LogP) is 1.84. The number of hydrogen-bond acceptors (Lipinski definition) is 3. The Morgan fingerprint density at radius 3 is 2.70 bits per heavy atom. The van der Waals surface area contributed by atoms with E-state index in [4.69, 9.17) is 5.11 Å². The van der Waals surface area contributed by atoms with Gasteiger partial charge in [0.05, 0.1) is 6.42 Å². The standard InChI is InChI=1S/C16H24N2O2/c1-17(2)12-15-8-5-9-18(15)11-14-7-4-3-6-13(14)10-16(19)20/h3-4,6-7,15H,5,8-12H2,1-2H3,(H,19,20). The zero-order valence-corrected chi connectivity index (χ0v) is 12.4. The first-order valence-corrected chi connectivity index (χ1v) is 7.23. The van der Waals surface area contributed by atoms with Crippen LogP contribution < -0.4 is 0 Å². The number of rotatable bonds is 6. The van der Waals surface area contributed by atoms with Gasteiger partial charge in [0.1, 0.15) is 0 Å². The molecule has 1 fully saturated rings. The highest BCUT2D eigenvalue weighted by Crippen LogP contribution is 2.22. The molecule has 0 bridgehead atoms. The van der Waals surface area contributed by atoms with Gasteiger partial charge in [0.25, 0.3) is 0 Å². The third-order valence-electron chi connectivity index (χ3n) is 3.91. The van der Waals surface area contributed by atoms with Gasteiger partial charge in [-0.15, -0.1) is 0 Å². The van der Waals surface area contributed by atoms with Crippen molar-refractivity contribution in [2.45, 2.75) is 31.8 Å². The number of likely N-dealkylation sites (N-methyl/N-ethyl adjacent to an activating group) is 1. The summed E-state index contributed by atoms with van der Waals surface area (Å²) in [6, 6.07) is 8.49. The van der Waals surface area contributed by atoms with E-state index in [-0.39, 0.29) is 6.42 Å². The Morgan fingerprint density at radius 1 is 1.35 bits per heavy atom. The van der Waals surface area contributed by atoms with Gasteiger partial charge in [0.2, 0.25) is 0 Å². The maximum absolute atomic E-state index is 10.9. The SMILES string of the molecule is CN(C)CC1CCCN1Cc1ccccc1CC(=O)O. The van der Waals surface area contributed by atoms with E-state index in [0.717, 1.165) is 30.8 Å². The summed E-state index contributed by atoms with van der Waals surface area (Å²) in [4.78, 5) is 15.7. The molecule has 0 amide bonds. The molecule has 0 radical (unpaired) electrons. The molecular formula is C16H24N2O2. The van der Waals surface area contributed by atoms with E-state index in [0.29, 0.717) is 6.04 Å². The van der Waals surface area contributed by atoms with Crippen molar-refractivity contribution in [3.05, 3.63) is 35.4 Å². The van der Waals surface area contributed by atoms with Gasteiger partial charge in [-0.25, -0.2) is 0 Å². The van der Waals surface area contributed by atoms with Crippen molar-refractivity contribution in [2.24, 2.45) is 0 Å². The largest absolute Gasteiger partial charge is 0.481 e. The zero-order valence-electron chi connectivity index (χ0n) is 12.4.